The highest BCUT2D eigenvalue weighted by Gasteiger charge is 2.44. The molecule has 1 saturated carbocycles. The minimum absolute atomic E-state index is 0.00191. The fraction of sp³-hybridized carbons (Fsp3) is 0.471. The van der Waals surface area contributed by atoms with Crippen LogP contribution in [0.2, 0.25) is 0 Å². The van der Waals surface area contributed by atoms with E-state index in [1.54, 1.807) is 19.2 Å². The van der Waals surface area contributed by atoms with Crippen molar-refractivity contribution < 1.29 is 9.90 Å². The smallest absolute Gasteiger partial charge is 0.341 e. The molecule has 0 atom stereocenters. The Labute approximate surface area is 134 Å². The van der Waals surface area contributed by atoms with Crippen LogP contribution in [-0.2, 0) is 13.1 Å². The molecule has 122 valence electrons. The van der Waals surface area contributed by atoms with E-state index in [2.05, 4.69) is 5.10 Å². The molecule has 6 nitrogen and oxygen atoms in total. The summed E-state index contributed by atoms with van der Waals surface area (Å²) >= 11 is 0. The molecule has 1 N–H and O–H groups in total. The predicted molar refractivity (Wildman–Crippen MR) is 85.8 cm³/mol. The van der Waals surface area contributed by atoms with Crippen molar-refractivity contribution >= 4 is 5.97 Å². The topological polar surface area (TPSA) is 77.1 Å². The van der Waals surface area contributed by atoms with Gasteiger partial charge in [-0.15, -0.1) is 0 Å². The largest absolute Gasteiger partial charge is 0.477 e. The van der Waals surface area contributed by atoms with Crippen molar-refractivity contribution in [3.05, 3.63) is 51.2 Å². The first-order chi connectivity index (χ1) is 10.8. The van der Waals surface area contributed by atoms with E-state index >= 15 is 0 Å². The highest BCUT2D eigenvalue weighted by atomic mass is 16.4. The Morgan fingerprint density at radius 2 is 2.00 bits per heavy atom. The molecule has 1 fully saturated rings. The van der Waals surface area contributed by atoms with Gasteiger partial charge in [0.25, 0.3) is 5.56 Å². The summed E-state index contributed by atoms with van der Waals surface area (Å²) in [5.41, 5.74) is 2.04. The Balaban J connectivity index is 1.87. The molecule has 0 amide bonds. The van der Waals surface area contributed by atoms with Crippen LogP contribution in [0.25, 0.3) is 0 Å². The minimum Gasteiger partial charge on any atom is -0.477 e. The molecule has 2 heterocycles. The van der Waals surface area contributed by atoms with Gasteiger partial charge in [0.05, 0.1) is 5.69 Å². The van der Waals surface area contributed by atoms with Crippen molar-refractivity contribution in [2.45, 2.75) is 46.7 Å². The fourth-order valence-electron chi connectivity index (χ4n) is 3.11. The van der Waals surface area contributed by atoms with Crippen LogP contribution in [0.3, 0.4) is 0 Å². The third-order valence-corrected chi connectivity index (χ3v) is 4.64. The number of aryl methyl sites for hydroxylation is 3. The number of pyridine rings is 1. The van der Waals surface area contributed by atoms with Crippen molar-refractivity contribution in [1.82, 2.24) is 14.3 Å². The van der Waals surface area contributed by atoms with Crippen molar-refractivity contribution in [2.75, 3.05) is 0 Å². The number of aromatic carboxylic acids is 1. The normalized spacial score (nSPS) is 15.6. The van der Waals surface area contributed by atoms with Crippen molar-refractivity contribution in [3.63, 3.8) is 0 Å². The van der Waals surface area contributed by atoms with Gasteiger partial charge in [0, 0.05) is 30.4 Å². The maximum absolute atomic E-state index is 12.4. The number of carboxylic acid groups (broad SMARTS) is 1. The molecule has 1 aliphatic rings. The van der Waals surface area contributed by atoms with Gasteiger partial charge in [0.15, 0.2) is 0 Å². The second-order valence-corrected chi connectivity index (χ2v) is 6.70. The van der Waals surface area contributed by atoms with Gasteiger partial charge in [-0.05, 0) is 51.3 Å². The van der Waals surface area contributed by atoms with Crippen LogP contribution in [-0.4, -0.2) is 25.4 Å². The van der Waals surface area contributed by atoms with E-state index in [-0.39, 0.29) is 11.0 Å². The van der Waals surface area contributed by atoms with E-state index < -0.39 is 11.5 Å². The summed E-state index contributed by atoms with van der Waals surface area (Å²) in [5, 5.41) is 13.7. The first-order valence-electron chi connectivity index (χ1n) is 7.76. The van der Waals surface area contributed by atoms with Crippen molar-refractivity contribution in [1.29, 1.82) is 0 Å². The average molecular weight is 315 g/mol. The van der Waals surface area contributed by atoms with Crippen molar-refractivity contribution in [3.8, 4) is 0 Å². The Hall–Kier alpha value is -2.37. The molecule has 23 heavy (non-hydrogen) atoms. The van der Waals surface area contributed by atoms with E-state index in [0.717, 1.165) is 30.8 Å². The van der Waals surface area contributed by atoms with Crippen LogP contribution in [0.1, 0.15) is 40.2 Å². The molecule has 0 radical (unpaired) electrons. The molecule has 0 aliphatic heterocycles. The zero-order valence-electron chi connectivity index (χ0n) is 13.7. The molecule has 3 rings (SSSR count). The molecule has 0 saturated heterocycles. The monoisotopic (exact) mass is 315 g/mol. The lowest BCUT2D eigenvalue weighted by molar-refractivity contribution is 0.0693. The Morgan fingerprint density at radius 1 is 1.30 bits per heavy atom. The number of nitrogens with zero attached hydrogens (tertiary/aromatic N) is 3. The number of aromatic nitrogens is 3. The van der Waals surface area contributed by atoms with Gasteiger partial charge in [-0.1, -0.05) is 0 Å². The van der Waals surface area contributed by atoms with Gasteiger partial charge < -0.3 is 9.67 Å². The fourth-order valence-corrected chi connectivity index (χ4v) is 3.11. The Morgan fingerprint density at radius 3 is 2.52 bits per heavy atom. The van der Waals surface area contributed by atoms with Gasteiger partial charge in [-0.25, -0.2) is 4.79 Å². The molecule has 0 bridgehead atoms. The van der Waals surface area contributed by atoms with Gasteiger partial charge in [-0.3, -0.25) is 9.48 Å². The molecular formula is C17H21N3O3. The van der Waals surface area contributed by atoms with Gasteiger partial charge >= 0.3 is 5.97 Å². The lowest BCUT2D eigenvalue weighted by atomic mass is 10.1. The standard InChI is InChI=1S/C17H21N3O3/c1-11-4-7-19(15(21)14(11)16(22)23)9-17(5-6-17)10-20-13(3)8-12(2)18-20/h4,7-8H,5-6,9-10H2,1-3H3,(H,22,23). The Bertz CT molecular complexity index is 828. The zero-order chi connectivity index (χ0) is 16.8. The van der Waals surface area contributed by atoms with Crippen LogP contribution in [0.5, 0.6) is 0 Å². The highest BCUT2D eigenvalue weighted by molar-refractivity contribution is 5.88. The summed E-state index contributed by atoms with van der Waals surface area (Å²) in [7, 11) is 0. The van der Waals surface area contributed by atoms with Crippen LogP contribution in [0.15, 0.2) is 23.1 Å². The molecule has 6 heteroatoms. The number of carbonyl (C=O) groups is 1. The third kappa shape index (κ3) is 2.93. The third-order valence-electron chi connectivity index (χ3n) is 4.64. The molecule has 0 spiro atoms. The number of rotatable bonds is 5. The van der Waals surface area contributed by atoms with Gasteiger partial charge in [0.2, 0.25) is 0 Å². The quantitative estimate of drug-likeness (QED) is 0.917. The molecular weight excluding hydrogens is 294 g/mol. The highest BCUT2D eigenvalue weighted by Crippen LogP contribution is 2.48. The first kappa shape index (κ1) is 15.5. The molecule has 0 unspecified atom stereocenters. The Kier molecular flexibility index (Phi) is 3.62. The SMILES string of the molecule is Cc1cc(C)n(CC2(Cn3ccc(C)c(C(=O)O)c3=O)CC2)n1. The molecule has 2 aromatic rings. The maximum atomic E-state index is 12.4. The average Bonchev–Trinajstić information content (AvgIpc) is 3.13. The van der Waals surface area contributed by atoms with Gasteiger partial charge in [0.1, 0.15) is 5.56 Å². The number of hydrogen-bond donors (Lipinski definition) is 1. The lowest BCUT2D eigenvalue weighted by Gasteiger charge is -2.18. The van der Waals surface area contributed by atoms with E-state index in [1.165, 1.54) is 4.57 Å². The van der Waals surface area contributed by atoms with E-state index in [4.69, 9.17) is 0 Å². The second-order valence-electron chi connectivity index (χ2n) is 6.70. The van der Waals surface area contributed by atoms with E-state index in [1.807, 2.05) is 24.6 Å². The van der Waals surface area contributed by atoms with Crippen LogP contribution < -0.4 is 5.56 Å². The summed E-state index contributed by atoms with van der Waals surface area (Å²) < 4.78 is 3.52. The zero-order valence-corrected chi connectivity index (χ0v) is 13.7. The van der Waals surface area contributed by atoms with Crippen LogP contribution in [0.4, 0.5) is 0 Å². The minimum atomic E-state index is -1.16. The molecule has 2 aromatic heterocycles. The summed E-state index contributed by atoms with van der Waals surface area (Å²) in [6, 6.07) is 3.74. The number of carboxylic acids is 1. The predicted octanol–water partition coefficient (Wildman–Crippen LogP) is 2.15. The second kappa shape index (κ2) is 5.37. The summed E-state index contributed by atoms with van der Waals surface area (Å²) in [6.45, 7) is 6.93. The summed E-state index contributed by atoms with van der Waals surface area (Å²) in [5.74, 6) is -1.16. The maximum Gasteiger partial charge on any atom is 0.341 e. The first-order valence-corrected chi connectivity index (χ1v) is 7.76. The van der Waals surface area contributed by atoms with Crippen molar-refractivity contribution in [2.24, 2.45) is 5.41 Å². The summed E-state index contributed by atoms with van der Waals surface area (Å²) in [4.78, 5) is 23.7. The molecule has 0 aromatic carbocycles. The van der Waals surface area contributed by atoms with Crippen LogP contribution in [0, 0.1) is 26.2 Å². The van der Waals surface area contributed by atoms with E-state index in [9.17, 15) is 14.7 Å². The molecule has 1 aliphatic carbocycles. The lowest BCUT2D eigenvalue weighted by Crippen LogP contribution is -2.31. The number of hydrogen-bond acceptors (Lipinski definition) is 3. The van der Waals surface area contributed by atoms with Crippen LogP contribution >= 0.6 is 0 Å². The van der Waals surface area contributed by atoms with Gasteiger partial charge in [-0.2, -0.15) is 5.10 Å². The summed E-state index contributed by atoms with van der Waals surface area (Å²) in [6.07, 6.45) is 3.74. The van der Waals surface area contributed by atoms with E-state index in [0.29, 0.717) is 12.1 Å².